The maximum atomic E-state index is 12.1. The van der Waals surface area contributed by atoms with Crippen LogP contribution >= 0.6 is 0 Å². The van der Waals surface area contributed by atoms with Gasteiger partial charge in [0.15, 0.2) is 0 Å². The van der Waals surface area contributed by atoms with E-state index in [1.807, 2.05) is 32.9 Å². The van der Waals surface area contributed by atoms with Gasteiger partial charge in [0.2, 0.25) is 0 Å². The van der Waals surface area contributed by atoms with Crippen LogP contribution in [-0.2, 0) is 15.9 Å². The molecule has 0 aliphatic carbocycles. The summed E-state index contributed by atoms with van der Waals surface area (Å²) in [5, 5.41) is 0. The van der Waals surface area contributed by atoms with Crippen molar-refractivity contribution >= 4 is 11.9 Å². The second-order valence-electron chi connectivity index (χ2n) is 6.45. The van der Waals surface area contributed by atoms with Gasteiger partial charge >= 0.3 is 11.9 Å². The van der Waals surface area contributed by atoms with E-state index in [0.717, 1.165) is 11.1 Å². The number of carbonyl (C=O) groups excluding carboxylic acids is 2. The van der Waals surface area contributed by atoms with Crippen molar-refractivity contribution in [2.75, 3.05) is 7.11 Å². The van der Waals surface area contributed by atoms with Crippen LogP contribution in [0.3, 0.4) is 0 Å². The lowest BCUT2D eigenvalue weighted by Crippen LogP contribution is -2.24. The summed E-state index contributed by atoms with van der Waals surface area (Å²) < 4.78 is 10.0. The molecule has 24 heavy (non-hydrogen) atoms. The molecule has 1 aromatic heterocycles. The molecule has 0 spiro atoms. The molecule has 5 heteroatoms. The molecule has 0 atom stereocenters. The second-order valence-corrected chi connectivity index (χ2v) is 6.45. The van der Waals surface area contributed by atoms with Crippen molar-refractivity contribution in [3.05, 3.63) is 65.0 Å². The van der Waals surface area contributed by atoms with Crippen molar-refractivity contribution in [1.82, 2.24) is 4.98 Å². The minimum atomic E-state index is -0.545. The molecule has 0 bridgehead atoms. The van der Waals surface area contributed by atoms with Gasteiger partial charge in [-0.05, 0) is 56.5 Å². The zero-order valence-electron chi connectivity index (χ0n) is 14.3. The van der Waals surface area contributed by atoms with Gasteiger partial charge in [-0.3, -0.25) is 4.98 Å². The summed E-state index contributed by atoms with van der Waals surface area (Å²) in [7, 11) is 1.35. The molecule has 1 heterocycles. The maximum Gasteiger partial charge on any atom is 0.340 e. The van der Waals surface area contributed by atoms with E-state index in [1.54, 1.807) is 24.4 Å². The van der Waals surface area contributed by atoms with Gasteiger partial charge in [0.1, 0.15) is 5.60 Å². The number of hydrogen-bond donors (Lipinski definition) is 0. The summed E-state index contributed by atoms with van der Waals surface area (Å²) >= 11 is 0. The van der Waals surface area contributed by atoms with E-state index in [1.165, 1.54) is 13.3 Å². The molecule has 5 nitrogen and oxygen atoms in total. The Morgan fingerprint density at radius 3 is 2.21 bits per heavy atom. The zero-order valence-corrected chi connectivity index (χ0v) is 14.3. The van der Waals surface area contributed by atoms with Crippen molar-refractivity contribution < 1.29 is 19.1 Å². The number of hydrogen-bond acceptors (Lipinski definition) is 5. The standard InChI is InChI=1S/C19H21NO4/c1-19(2,3)24-18(22)16-10-14(11-20-12-16)9-13-5-7-15(8-6-13)17(21)23-4/h5-8,10-12H,9H2,1-4H3. The quantitative estimate of drug-likeness (QED) is 0.805. The first-order valence-corrected chi connectivity index (χ1v) is 7.63. The monoisotopic (exact) mass is 327 g/mol. The molecule has 0 aliphatic heterocycles. The summed E-state index contributed by atoms with van der Waals surface area (Å²) in [6, 6.07) is 8.91. The largest absolute Gasteiger partial charge is 0.465 e. The van der Waals surface area contributed by atoms with Gasteiger partial charge in [-0.1, -0.05) is 12.1 Å². The van der Waals surface area contributed by atoms with Crippen LogP contribution in [0.25, 0.3) is 0 Å². The number of rotatable bonds is 4. The van der Waals surface area contributed by atoms with Crippen molar-refractivity contribution in [2.24, 2.45) is 0 Å². The van der Waals surface area contributed by atoms with Crippen LogP contribution in [0.15, 0.2) is 42.7 Å². The van der Waals surface area contributed by atoms with E-state index in [2.05, 4.69) is 9.72 Å². The number of carbonyl (C=O) groups is 2. The molecular formula is C19H21NO4. The van der Waals surface area contributed by atoms with Crippen LogP contribution in [0.5, 0.6) is 0 Å². The number of esters is 2. The van der Waals surface area contributed by atoms with Crippen molar-refractivity contribution in [3.63, 3.8) is 0 Å². The molecule has 0 fully saturated rings. The zero-order chi connectivity index (χ0) is 17.7. The van der Waals surface area contributed by atoms with E-state index < -0.39 is 11.6 Å². The van der Waals surface area contributed by atoms with Crippen LogP contribution < -0.4 is 0 Å². The molecule has 0 amide bonds. The van der Waals surface area contributed by atoms with E-state index in [9.17, 15) is 9.59 Å². The Labute approximate surface area is 141 Å². The second kappa shape index (κ2) is 7.25. The summed E-state index contributed by atoms with van der Waals surface area (Å²) in [4.78, 5) is 27.7. The number of aromatic nitrogens is 1. The topological polar surface area (TPSA) is 65.5 Å². The Bertz CT molecular complexity index is 730. The number of methoxy groups -OCH3 is 1. The Balaban J connectivity index is 2.12. The SMILES string of the molecule is COC(=O)c1ccc(Cc2cncc(C(=O)OC(C)(C)C)c2)cc1. The Morgan fingerprint density at radius 2 is 1.62 bits per heavy atom. The third-order valence-corrected chi connectivity index (χ3v) is 3.21. The van der Waals surface area contributed by atoms with Gasteiger partial charge in [0.25, 0.3) is 0 Å². The third kappa shape index (κ3) is 4.91. The predicted octanol–water partition coefficient (Wildman–Crippen LogP) is 3.41. The number of pyridine rings is 1. The van der Waals surface area contributed by atoms with Gasteiger partial charge in [0, 0.05) is 12.4 Å². The third-order valence-electron chi connectivity index (χ3n) is 3.21. The molecule has 0 saturated carbocycles. The normalized spacial score (nSPS) is 11.0. The molecule has 0 aliphatic rings. The highest BCUT2D eigenvalue weighted by atomic mass is 16.6. The van der Waals surface area contributed by atoms with Crippen molar-refractivity contribution in [1.29, 1.82) is 0 Å². The molecule has 0 N–H and O–H groups in total. The average Bonchev–Trinajstić information content (AvgIpc) is 2.53. The Hall–Kier alpha value is -2.69. The smallest absolute Gasteiger partial charge is 0.340 e. The summed E-state index contributed by atoms with van der Waals surface area (Å²) in [5.41, 5.74) is 2.28. The van der Waals surface area contributed by atoms with Crippen molar-refractivity contribution in [3.8, 4) is 0 Å². The van der Waals surface area contributed by atoms with Crippen LogP contribution in [-0.4, -0.2) is 29.6 Å². The van der Waals surface area contributed by atoms with Gasteiger partial charge in [0.05, 0.1) is 18.2 Å². The fraction of sp³-hybridized carbons (Fsp3) is 0.316. The van der Waals surface area contributed by atoms with E-state index >= 15 is 0 Å². The van der Waals surface area contributed by atoms with Gasteiger partial charge < -0.3 is 9.47 Å². The van der Waals surface area contributed by atoms with Crippen LogP contribution in [0.2, 0.25) is 0 Å². The lowest BCUT2D eigenvalue weighted by Gasteiger charge is -2.19. The highest BCUT2D eigenvalue weighted by Gasteiger charge is 2.18. The lowest BCUT2D eigenvalue weighted by atomic mass is 10.0. The Morgan fingerprint density at radius 1 is 0.958 bits per heavy atom. The molecule has 2 rings (SSSR count). The highest BCUT2D eigenvalue weighted by molar-refractivity contribution is 5.90. The minimum Gasteiger partial charge on any atom is -0.465 e. The van der Waals surface area contributed by atoms with Crippen LogP contribution in [0.4, 0.5) is 0 Å². The predicted molar refractivity (Wildman–Crippen MR) is 90.0 cm³/mol. The molecule has 0 saturated heterocycles. The first kappa shape index (κ1) is 17.7. The van der Waals surface area contributed by atoms with Crippen molar-refractivity contribution in [2.45, 2.75) is 32.8 Å². The number of benzene rings is 1. The summed E-state index contributed by atoms with van der Waals surface area (Å²) in [6.07, 6.45) is 3.81. The molecule has 2 aromatic rings. The van der Waals surface area contributed by atoms with Gasteiger partial charge in [-0.25, -0.2) is 9.59 Å². The molecule has 0 unspecified atom stereocenters. The fourth-order valence-corrected chi connectivity index (χ4v) is 2.15. The number of ether oxygens (including phenoxy) is 2. The summed E-state index contributed by atoms with van der Waals surface area (Å²) in [5.74, 6) is -0.756. The summed E-state index contributed by atoms with van der Waals surface area (Å²) in [6.45, 7) is 5.47. The Kier molecular flexibility index (Phi) is 5.34. The molecule has 0 radical (unpaired) electrons. The van der Waals surface area contributed by atoms with Crippen LogP contribution in [0.1, 0.15) is 52.6 Å². The van der Waals surface area contributed by atoms with Gasteiger partial charge in [-0.2, -0.15) is 0 Å². The van der Waals surface area contributed by atoms with E-state index in [-0.39, 0.29) is 5.97 Å². The molecular weight excluding hydrogens is 306 g/mol. The molecule has 1 aromatic carbocycles. The first-order chi connectivity index (χ1) is 11.3. The fourth-order valence-electron chi connectivity index (χ4n) is 2.15. The highest BCUT2D eigenvalue weighted by Crippen LogP contribution is 2.15. The average molecular weight is 327 g/mol. The first-order valence-electron chi connectivity index (χ1n) is 7.63. The van der Waals surface area contributed by atoms with E-state index in [4.69, 9.17) is 4.74 Å². The maximum absolute atomic E-state index is 12.1. The minimum absolute atomic E-state index is 0.366. The lowest BCUT2D eigenvalue weighted by molar-refractivity contribution is 0.00687. The molecule has 126 valence electrons. The van der Waals surface area contributed by atoms with Crippen LogP contribution in [0, 0.1) is 0 Å². The van der Waals surface area contributed by atoms with Gasteiger partial charge in [-0.15, -0.1) is 0 Å². The van der Waals surface area contributed by atoms with E-state index in [0.29, 0.717) is 17.5 Å². The number of nitrogens with zero attached hydrogens (tertiary/aromatic N) is 1.